The number of anilines is 1. The lowest BCUT2D eigenvalue weighted by molar-refractivity contribution is 0.102. The van der Waals surface area contributed by atoms with Gasteiger partial charge in [-0.2, -0.15) is 0 Å². The van der Waals surface area contributed by atoms with Crippen molar-refractivity contribution in [1.29, 1.82) is 0 Å². The number of pyridine rings is 2. The van der Waals surface area contributed by atoms with Gasteiger partial charge in [0.05, 0.1) is 5.52 Å². The van der Waals surface area contributed by atoms with Crippen molar-refractivity contribution in [2.45, 2.75) is 27.3 Å². The minimum absolute atomic E-state index is 0.0844. The highest BCUT2D eigenvalue weighted by Gasteiger charge is 2.18. The number of carbonyl (C=O) groups is 1. The molecule has 6 heteroatoms. The van der Waals surface area contributed by atoms with Crippen LogP contribution in [0.5, 0.6) is 0 Å². The van der Waals surface area contributed by atoms with Crippen LogP contribution in [0.2, 0.25) is 5.02 Å². The fraction of sp³-hybridized carbons (Fsp3) is 0.211. The van der Waals surface area contributed by atoms with Crippen molar-refractivity contribution in [3.63, 3.8) is 0 Å². The second kappa shape index (κ2) is 6.69. The van der Waals surface area contributed by atoms with E-state index in [9.17, 15) is 9.59 Å². The zero-order chi connectivity index (χ0) is 18.1. The average molecular weight is 356 g/mol. The first kappa shape index (κ1) is 17.2. The molecule has 0 aliphatic rings. The number of rotatable bonds is 3. The molecule has 1 amide bonds. The maximum absolute atomic E-state index is 12.8. The Bertz CT molecular complexity index is 1040. The van der Waals surface area contributed by atoms with Gasteiger partial charge in [0.2, 0.25) is 5.43 Å². The number of aryl methyl sites for hydroxylation is 3. The van der Waals surface area contributed by atoms with E-state index in [0.717, 1.165) is 16.6 Å². The number of carbonyl (C=O) groups excluding carboxylic acids is 1. The number of hydrogen-bond donors (Lipinski definition) is 1. The maximum Gasteiger partial charge on any atom is 0.262 e. The van der Waals surface area contributed by atoms with E-state index in [-0.39, 0.29) is 11.0 Å². The third-order valence-corrected chi connectivity index (χ3v) is 4.66. The summed E-state index contributed by atoms with van der Waals surface area (Å²) in [4.78, 5) is 29.6. The van der Waals surface area contributed by atoms with Gasteiger partial charge >= 0.3 is 0 Å². The zero-order valence-electron chi connectivity index (χ0n) is 14.3. The van der Waals surface area contributed by atoms with E-state index in [4.69, 9.17) is 11.6 Å². The van der Waals surface area contributed by atoms with Crippen molar-refractivity contribution in [2.75, 3.05) is 5.32 Å². The number of nitrogens with zero attached hydrogens (tertiary/aromatic N) is 2. The molecule has 128 valence electrons. The summed E-state index contributed by atoms with van der Waals surface area (Å²) in [7, 11) is 0. The Labute approximate surface area is 150 Å². The molecule has 0 radical (unpaired) electrons. The minimum atomic E-state index is -0.469. The Balaban J connectivity index is 2.16. The summed E-state index contributed by atoms with van der Waals surface area (Å²) >= 11 is 6.19. The second-order valence-corrected chi connectivity index (χ2v) is 6.26. The van der Waals surface area contributed by atoms with Crippen molar-refractivity contribution in [2.24, 2.45) is 0 Å². The SMILES string of the molecule is CCn1cc(C(=O)Nc2ncccc2C)c(=O)c2ccc(Cl)c(C)c21. The molecule has 0 spiro atoms. The van der Waals surface area contributed by atoms with Crippen LogP contribution in [0.25, 0.3) is 10.9 Å². The van der Waals surface area contributed by atoms with Crippen molar-refractivity contribution >= 4 is 34.2 Å². The highest BCUT2D eigenvalue weighted by Crippen LogP contribution is 2.24. The quantitative estimate of drug-likeness (QED) is 0.774. The zero-order valence-corrected chi connectivity index (χ0v) is 15.0. The molecule has 2 heterocycles. The summed E-state index contributed by atoms with van der Waals surface area (Å²) < 4.78 is 1.87. The van der Waals surface area contributed by atoms with Gasteiger partial charge in [0.1, 0.15) is 11.4 Å². The molecule has 5 nitrogen and oxygen atoms in total. The molecule has 0 unspecified atom stereocenters. The number of aromatic nitrogens is 2. The predicted molar refractivity (Wildman–Crippen MR) is 101 cm³/mol. The summed E-state index contributed by atoms with van der Waals surface area (Å²) in [6, 6.07) is 6.99. The molecule has 0 atom stereocenters. The Morgan fingerprint density at radius 3 is 2.72 bits per heavy atom. The first-order valence-electron chi connectivity index (χ1n) is 7.99. The smallest absolute Gasteiger partial charge is 0.262 e. The first-order valence-corrected chi connectivity index (χ1v) is 8.37. The summed E-state index contributed by atoms with van der Waals surface area (Å²) in [6.07, 6.45) is 3.18. The lowest BCUT2D eigenvalue weighted by Gasteiger charge is -2.14. The van der Waals surface area contributed by atoms with Crippen LogP contribution in [-0.2, 0) is 6.54 Å². The maximum atomic E-state index is 12.8. The fourth-order valence-electron chi connectivity index (χ4n) is 2.86. The normalized spacial score (nSPS) is 10.9. The molecule has 25 heavy (non-hydrogen) atoms. The number of nitrogens with one attached hydrogen (secondary N) is 1. The van der Waals surface area contributed by atoms with E-state index in [0.29, 0.717) is 22.8 Å². The molecule has 0 aliphatic heterocycles. The van der Waals surface area contributed by atoms with Gasteiger partial charge in [-0.25, -0.2) is 4.98 Å². The van der Waals surface area contributed by atoms with E-state index in [1.54, 1.807) is 30.6 Å². The molecule has 3 aromatic rings. The number of benzene rings is 1. The predicted octanol–water partition coefficient (Wildman–Crippen LogP) is 3.94. The van der Waals surface area contributed by atoms with Crippen LogP contribution in [0, 0.1) is 13.8 Å². The van der Waals surface area contributed by atoms with Crippen molar-refractivity contribution in [3.05, 3.63) is 68.6 Å². The van der Waals surface area contributed by atoms with Crippen molar-refractivity contribution in [1.82, 2.24) is 9.55 Å². The van der Waals surface area contributed by atoms with Gasteiger partial charge in [-0.05, 0) is 50.1 Å². The van der Waals surface area contributed by atoms with Gasteiger partial charge in [-0.1, -0.05) is 17.7 Å². The molecule has 0 saturated carbocycles. The van der Waals surface area contributed by atoms with Gasteiger partial charge in [0.25, 0.3) is 5.91 Å². The Morgan fingerprint density at radius 1 is 1.28 bits per heavy atom. The Morgan fingerprint density at radius 2 is 2.04 bits per heavy atom. The molecule has 0 fully saturated rings. The fourth-order valence-corrected chi connectivity index (χ4v) is 3.01. The van der Waals surface area contributed by atoms with Crippen LogP contribution < -0.4 is 10.7 Å². The van der Waals surface area contributed by atoms with Gasteiger partial charge < -0.3 is 9.88 Å². The van der Waals surface area contributed by atoms with E-state index < -0.39 is 5.91 Å². The third-order valence-electron chi connectivity index (χ3n) is 4.25. The third kappa shape index (κ3) is 3.03. The van der Waals surface area contributed by atoms with E-state index in [1.807, 2.05) is 31.4 Å². The molecule has 1 N–H and O–H groups in total. The molecule has 1 aromatic carbocycles. The molecular weight excluding hydrogens is 338 g/mol. The van der Waals surface area contributed by atoms with Crippen LogP contribution in [0.1, 0.15) is 28.4 Å². The number of fused-ring (bicyclic) bond motifs is 1. The van der Waals surface area contributed by atoms with E-state index in [1.165, 1.54) is 0 Å². The van der Waals surface area contributed by atoms with Gasteiger partial charge in [-0.3, -0.25) is 9.59 Å². The molecule has 2 aromatic heterocycles. The molecule has 3 rings (SSSR count). The Kier molecular flexibility index (Phi) is 4.59. The summed E-state index contributed by atoms with van der Waals surface area (Å²) in [6.45, 7) is 6.28. The highest BCUT2D eigenvalue weighted by molar-refractivity contribution is 6.32. The average Bonchev–Trinajstić information content (AvgIpc) is 2.60. The largest absolute Gasteiger partial charge is 0.346 e. The van der Waals surface area contributed by atoms with Crippen LogP contribution in [0.3, 0.4) is 0 Å². The number of hydrogen-bond acceptors (Lipinski definition) is 3. The lowest BCUT2D eigenvalue weighted by Crippen LogP contribution is -2.24. The monoisotopic (exact) mass is 355 g/mol. The van der Waals surface area contributed by atoms with Crippen LogP contribution in [0.4, 0.5) is 5.82 Å². The van der Waals surface area contributed by atoms with Gasteiger partial charge in [0, 0.05) is 29.3 Å². The summed E-state index contributed by atoms with van der Waals surface area (Å²) in [5.74, 6) is -0.0224. The first-order chi connectivity index (χ1) is 11.9. The van der Waals surface area contributed by atoms with Crippen molar-refractivity contribution < 1.29 is 4.79 Å². The molecular formula is C19H18ClN3O2. The number of amides is 1. The Hall–Kier alpha value is -2.66. The van der Waals surface area contributed by atoms with Gasteiger partial charge in [-0.15, -0.1) is 0 Å². The second-order valence-electron chi connectivity index (χ2n) is 5.85. The summed E-state index contributed by atoms with van der Waals surface area (Å²) in [5, 5.41) is 3.79. The molecule has 0 saturated heterocycles. The van der Waals surface area contributed by atoms with Crippen molar-refractivity contribution in [3.8, 4) is 0 Å². The molecule has 0 aliphatic carbocycles. The van der Waals surface area contributed by atoms with E-state index in [2.05, 4.69) is 10.3 Å². The number of halogens is 1. The molecule has 0 bridgehead atoms. The summed E-state index contributed by atoms with van der Waals surface area (Å²) in [5.41, 5.74) is 2.18. The minimum Gasteiger partial charge on any atom is -0.346 e. The lowest BCUT2D eigenvalue weighted by atomic mass is 10.1. The van der Waals surface area contributed by atoms with Gasteiger partial charge in [0.15, 0.2) is 0 Å². The topological polar surface area (TPSA) is 64.0 Å². The van der Waals surface area contributed by atoms with Crippen LogP contribution in [-0.4, -0.2) is 15.5 Å². The van der Waals surface area contributed by atoms with Crippen LogP contribution >= 0.6 is 11.6 Å². The van der Waals surface area contributed by atoms with Crippen LogP contribution in [0.15, 0.2) is 41.5 Å². The van der Waals surface area contributed by atoms with E-state index >= 15 is 0 Å². The highest BCUT2D eigenvalue weighted by atomic mass is 35.5. The standard InChI is InChI=1S/C19H18ClN3O2/c1-4-23-10-14(19(25)22-18-11(2)6-5-9-21-18)17(24)13-7-8-15(20)12(3)16(13)23/h5-10H,4H2,1-3H3,(H,21,22,25).